The molecule has 1 aromatic carbocycles. The molecule has 1 fully saturated rings. The summed E-state index contributed by atoms with van der Waals surface area (Å²) in [6.45, 7) is 2.46. The lowest BCUT2D eigenvalue weighted by Crippen LogP contribution is -2.32. The number of benzene rings is 1. The maximum absolute atomic E-state index is 11.9. The van der Waals surface area contributed by atoms with Crippen LogP contribution in [0, 0.1) is 10.1 Å². The highest BCUT2D eigenvalue weighted by atomic mass is 16.6. The standard InChI is InChI=1S/C14H16N2O4/c1-14(18)8-9-15(10-14)13(17)7-6-11-4-2-3-5-12(11)16(19)20/h2-7,18H,8-10H2,1H3/b7-6+. The van der Waals surface area contributed by atoms with E-state index in [1.54, 1.807) is 25.1 Å². The number of rotatable bonds is 3. The predicted octanol–water partition coefficient (Wildman–Crippen LogP) is 1.59. The van der Waals surface area contributed by atoms with E-state index in [-0.39, 0.29) is 18.1 Å². The molecule has 1 atom stereocenters. The van der Waals surface area contributed by atoms with Gasteiger partial charge in [-0.25, -0.2) is 0 Å². The molecule has 0 aliphatic carbocycles. The fourth-order valence-electron chi connectivity index (χ4n) is 2.19. The van der Waals surface area contributed by atoms with Crippen LogP contribution >= 0.6 is 0 Å². The monoisotopic (exact) mass is 276 g/mol. The van der Waals surface area contributed by atoms with E-state index in [0.29, 0.717) is 18.5 Å². The highest BCUT2D eigenvalue weighted by Gasteiger charge is 2.33. The largest absolute Gasteiger partial charge is 0.388 e. The third-order valence-electron chi connectivity index (χ3n) is 3.30. The van der Waals surface area contributed by atoms with Gasteiger partial charge in [0.15, 0.2) is 0 Å². The van der Waals surface area contributed by atoms with Gasteiger partial charge in [-0.3, -0.25) is 14.9 Å². The first-order valence-corrected chi connectivity index (χ1v) is 6.32. The molecule has 1 aliphatic rings. The number of carbonyl (C=O) groups is 1. The van der Waals surface area contributed by atoms with Gasteiger partial charge >= 0.3 is 0 Å². The summed E-state index contributed by atoms with van der Waals surface area (Å²) in [4.78, 5) is 23.8. The van der Waals surface area contributed by atoms with Gasteiger partial charge in [0.25, 0.3) is 5.69 Å². The molecular weight excluding hydrogens is 260 g/mol. The van der Waals surface area contributed by atoms with Crippen LogP contribution in [0.5, 0.6) is 0 Å². The lowest BCUT2D eigenvalue weighted by Gasteiger charge is -2.17. The number of nitrogens with zero attached hydrogens (tertiary/aromatic N) is 2. The number of amides is 1. The Morgan fingerprint density at radius 2 is 2.20 bits per heavy atom. The first kappa shape index (κ1) is 14.2. The van der Waals surface area contributed by atoms with Gasteiger partial charge in [-0.1, -0.05) is 12.1 Å². The number of para-hydroxylation sites is 1. The molecule has 0 aromatic heterocycles. The van der Waals surface area contributed by atoms with Gasteiger partial charge in [-0.15, -0.1) is 0 Å². The first-order valence-electron chi connectivity index (χ1n) is 6.32. The van der Waals surface area contributed by atoms with Crippen molar-refractivity contribution in [2.75, 3.05) is 13.1 Å². The predicted molar refractivity (Wildman–Crippen MR) is 74.0 cm³/mol. The molecule has 1 aliphatic heterocycles. The Kier molecular flexibility index (Phi) is 3.85. The van der Waals surface area contributed by atoms with Crippen molar-refractivity contribution >= 4 is 17.7 Å². The van der Waals surface area contributed by atoms with Crippen LogP contribution in [-0.4, -0.2) is 39.5 Å². The number of likely N-dealkylation sites (tertiary alicyclic amines) is 1. The van der Waals surface area contributed by atoms with Crippen LogP contribution in [0.25, 0.3) is 6.08 Å². The van der Waals surface area contributed by atoms with E-state index in [0.717, 1.165) is 0 Å². The van der Waals surface area contributed by atoms with Crippen molar-refractivity contribution in [3.8, 4) is 0 Å². The smallest absolute Gasteiger partial charge is 0.276 e. The lowest BCUT2D eigenvalue weighted by molar-refractivity contribution is -0.385. The lowest BCUT2D eigenvalue weighted by atomic mass is 10.1. The molecule has 6 nitrogen and oxygen atoms in total. The van der Waals surface area contributed by atoms with Crippen molar-refractivity contribution < 1.29 is 14.8 Å². The van der Waals surface area contributed by atoms with E-state index >= 15 is 0 Å². The number of aliphatic hydroxyl groups is 1. The fourth-order valence-corrected chi connectivity index (χ4v) is 2.19. The number of β-amino-alcohol motifs (C(OH)–C–C–N with tert-alkyl or cyclic N) is 1. The molecule has 1 amide bonds. The molecule has 0 spiro atoms. The number of hydrogen-bond donors (Lipinski definition) is 1. The Bertz CT molecular complexity index is 566. The molecule has 1 N–H and O–H groups in total. The average Bonchev–Trinajstić information content (AvgIpc) is 2.76. The van der Waals surface area contributed by atoms with Crippen molar-refractivity contribution in [2.24, 2.45) is 0 Å². The van der Waals surface area contributed by atoms with Crippen LogP contribution in [0.2, 0.25) is 0 Å². The van der Waals surface area contributed by atoms with E-state index in [1.807, 2.05) is 0 Å². The SMILES string of the molecule is CC1(O)CCN(C(=O)/C=C/c2ccccc2[N+](=O)[O-])C1. The Morgan fingerprint density at radius 3 is 2.80 bits per heavy atom. The van der Waals surface area contributed by atoms with Crippen LogP contribution in [0.15, 0.2) is 30.3 Å². The number of carbonyl (C=O) groups excluding carboxylic acids is 1. The number of hydrogen-bond acceptors (Lipinski definition) is 4. The van der Waals surface area contributed by atoms with E-state index in [9.17, 15) is 20.0 Å². The number of nitro benzene ring substituents is 1. The summed E-state index contributed by atoms with van der Waals surface area (Å²) in [5, 5.41) is 20.7. The first-order chi connectivity index (χ1) is 9.39. The summed E-state index contributed by atoms with van der Waals surface area (Å²) in [6.07, 6.45) is 3.29. The van der Waals surface area contributed by atoms with Crippen LogP contribution in [0.4, 0.5) is 5.69 Å². The second kappa shape index (κ2) is 5.42. The molecule has 106 valence electrons. The Morgan fingerprint density at radius 1 is 1.50 bits per heavy atom. The minimum atomic E-state index is -0.845. The Labute approximate surface area is 116 Å². The average molecular weight is 276 g/mol. The molecule has 2 rings (SSSR count). The summed E-state index contributed by atoms with van der Waals surface area (Å²) in [5.74, 6) is -0.249. The van der Waals surface area contributed by atoms with Crippen LogP contribution < -0.4 is 0 Å². The van der Waals surface area contributed by atoms with E-state index in [2.05, 4.69) is 0 Å². The van der Waals surface area contributed by atoms with Gasteiger partial charge in [0.2, 0.25) is 5.91 Å². The molecule has 20 heavy (non-hydrogen) atoms. The van der Waals surface area contributed by atoms with E-state index in [1.165, 1.54) is 23.1 Å². The summed E-state index contributed by atoms with van der Waals surface area (Å²) in [5.41, 5.74) is -0.496. The van der Waals surface area contributed by atoms with E-state index < -0.39 is 10.5 Å². The summed E-state index contributed by atoms with van der Waals surface area (Å²) in [7, 11) is 0. The highest BCUT2D eigenvalue weighted by molar-refractivity contribution is 5.92. The Hall–Kier alpha value is -2.21. The van der Waals surface area contributed by atoms with Gasteiger partial charge < -0.3 is 10.0 Å². The zero-order valence-corrected chi connectivity index (χ0v) is 11.2. The molecule has 1 saturated heterocycles. The van der Waals surface area contributed by atoms with E-state index in [4.69, 9.17) is 0 Å². The van der Waals surface area contributed by atoms with Crippen molar-refractivity contribution in [1.29, 1.82) is 0 Å². The maximum atomic E-state index is 11.9. The molecule has 1 heterocycles. The molecule has 0 radical (unpaired) electrons. The highest BCUT2D eigenvalue weighted by Crippen LogP contribution is 2.22. The second-order valence-electron chi connectivity index (χ2n) is 5.16. The minimum absolute atomic E-state index is 0.0371. The number of nitro groups is 1. The van der Waals surface area contributed by atoms with Crippen molar-refractivity contribution in [2.45, 2.75) is 18.9 Å². The van der Waals surface area contributed by atoms with Crippen LogP contribution in [0.1, 0.15) is 18.9 Å². The molecule has 1 unspecified atom stereocenters. The molecule has 0 saturated carbocycles. The van der Waals surface area contributed by atoms with Crippen LogP contribution in [0.3, 0.4) is 0 Å². The molecule has 1 aromatic rings. The Balaban J connectivity index is 2.10. The normalized spacial score (nSPS) is 22.4. The van der Waals surface area contributed by atoms with Gasteiger partial charge in [-0.05, 0) is 25.5 Å². The minimum Gasteiger partial charge on any atom is -0.388 e. The van der Waals surface area contributed by atoms with Crippen molar-refractivity contribution in [3.05, 3.63) is 46.0 Å². The van der Waals surface area contributed by atoms with Crippen molar-refractivity contribution in [3.63, 3.8) is 0 Å². The second-order valence-corrected chi connectivity index (χ2v) is 5.16. The molecular formula is C14H16N2O4. The summed E-state index contributed by atoms with van der Waals surface area (Å²) >= 11 is 0. The van der Waals surface area contributed by atoms with Gasteiger partial charge in [0.1, 0.15) is 0 Å². The van der Waals surface area contributed by atoms with Gasteiger partial charge in [-0.2, -0.15) is 0 Å². The third kappa shape index (κ3) is 3.21. The van der Waals surface area contributed by atoms with Crippen LogP contribution in [-0.2, 0) is 4.79 Å². The quantitative estimate of drug-likeness (QED) is 0.516. The van der Waals surface area contributed by atoms with Gasteiger partial charge in [0.05, 0.1) is 16.1 Å². The zero-order chi connectivity index (χ0) is 14.8. The zero-order valence-electron chi connectivity index (χ0n) is 11.2. The van der Waals surface area contributed by atoms with Gasteiger partial charge in [0, 0.05) is 25.2 Å². The topological polar surface area (TPSA) is 83.7 Å². The fraction of sp³-hybridized carbons (Fsp3) is 0.357. The maximum Gasteiger partial charge on any atom is 0.276 e. The third-order valence-corrected chi connectivity index (χ3v) is 3.30. The summed E-state index contributed by atoms with van der Waals surface area (Å²) in [6, 6.07) is 6.24. The molecule has 0 bridgehead atoms. The molecule has 6 heteroatoms. The van der Waals surface area contributed by atoms with Crippen molar-refractivity contribution in [1.82, 2.24) is 4.90 Å². The summed E-state index contributed by atoms with van der Waals surface area (Å²) < 4.78 is 0.